The molecule has 8 nitrogen and oxygen atoms in total. The van der Waals surface area contributed by atoms with Gasteiger partial charge in [-0.05, 0) is 56.9 Å². The Kier molecular flexibility index (Phi) is 7.52. The van der Waals surface area contributed by atoms with Crippen LogP contribution in [0, 0.1) is 5.92 Å². The number of halogens is 1. The first-order valence-electron chi connectivity index (χ1n) is 15.8. The molecule has 2 aliphatic rings. The number of anilines is 1. The lowest BCUT2D eigenvalue weighted by molar-refractivity contribution is 0.0309. The molecule has 230 valence electrons. The first kappa shape index (κ1) is 28.8. The van der Waals surface area contributed by atoms with E-state index in [0.29, 0.717) is 47.0 Å². The number of hydrogen-bond acceptors (Lipinski definition) is 7. The molecule has 1 unspecified atom stereocenters. The highest BCUT2D eigenvalue weighted by molar-refractivity contribution is 6.05. The number of benzene rings is 2. The van der Waals surface area contributed by atoms with Gasteiger partial charge in [0, 0.05) is 23.9 Å². The molecule has 2 fully saturated rings. The van der Waals surface area contributed by atoms with E-state index in [-0.39, 0.29) is 31.2 Å². The molecule has 4 heterocycles. The first-order valence-corrected chi connectivity index (χ1v) is 15.8. The SMILES string of the molecule is C=CCOCC(C)(F)c1nc(N2C[C@@H](Oc3nc4ccccc4n3[C@H]3CCCC[C@@H]3C)C[C@H]2C)c2oc3ccccc3c2n1. The minimum Gasteiger partial charge on any atom is -0.459 e. The van der Waals surface area contributed by atoms with Gasteiger partial charge in [-0.1, -0.05) is 50.1 Å². The Morgan fingerprint density at radius 3 is 2.70 bits per heavy atom. The van der Waals surface area contributed by atoms with Gasteiger partial charge in [-0.2, -0.15) is 4.98 Å². The molecule has 1 saturated heterocycles. The van der Waals surface area contributed by atoms with Crippen molar-refractivity contribution in [2.75, 3.05) is 24.7 Å². The van der Waals surface area contributed by atoms with Gasteiger partial charge in [0.2, 0.25) is 0 Å². The largest absolute Gasteiger partial charge is 0.459 e. The third-order valence-electron chi connectivity index (χ3n) is 9.32. The minimum absolute atomic E-state index is 0.0634. The number of nitrogens with zero attached hydrogens (tertiary/aromatic N) is 5. The molecule has 0 spiro atoms. The summed E-state index contributed by atoms with van der Waals surface area (Å²) in [5.74, 6) is 1.19. The lowest BCUT2D eigenvalue weighted by atomic mass is 9.85. The van der Waals surface area contributed by atoms with Crippen molar-refractivity contribution >= 4 is 38.9 Å². The molecule has 7 rings (SSSR count). The van der Waals surface area contributed by atoms with E-state index in [4.69, 9.17) is 28.8 Å². The van der Waals surface area contributed by atoms with Crippen molar-refractivity contribution in [2.45, 2.75) is 76.7 Å². The molecular weight excluding hydrogens is 557 g/mol. The van der Waals surface area contributed by atoms with E-state index in [1.54, 1.807) is 6.08 Å². The fourth-order valence-electron chi connectivity index (χ4n) is 7.02. The molecule has 1 aliphatic heterocycles. The maximum atomic E-state index is 16.1. The summed E-state index contributed by atoms with van der Waals surface area (Å²) >= 11 is 0. The summed E-state index contributed by atoms with van der Waals surface area (Å²) in [5, 5.41) is 0.824. The van der Waals surface area contributed by atoms with Crippen LogP contribution in [0.3, 0.4) is 0 Å². The van der Waals surface area contributed by atoms with Crippen molar-refractivity contribution in [3.05, 3.63) is 67.0 Å². The van der Waals surface area contributed by atoms with Crippen LogP contribution < -0.4 is 9.64 Å². The van der Waals surface area contributed by atoms with Gasteiger partial charge in [0.25, 0.3) is 6.01 Å². The van der Waals surface area contributed by atoms with Crippen LogP contribution in [0.2, 0.25) is 0 Å². The standard InChI is InChI=1S/C35H40FN5O3/c1-5-18-42-21-35(4,36)33-38-30-25-13-7-11-17-29(25)44-31(30)32(39-33)40-20-24(19-23(40)3)43-34-37-26-14-8-10-16-28(26)41(34)27-15-9-6-12-22(27)2/h5,7-8,10-11,13-14,16-17,22-24,27H,1,6,9,12,15,18-21H2,2-4H3/t22-,23+,24-,27-,35?/m0/s1. The van der Waals surface area contributed by atoms with E-state index in [0.717, 1.165) is 29.3 Å². The van der Waals surface area contributed by atoms with Gasteiger partial charge in [-0.3, -0.25) is 4.57 Å². The second-order valence-corrected chi connectivity index (χ2v) is 12.7. The molecule has 2 aromatic carbocycles. The number of aromatic nitrogens is 4. The average Bonchev–Trinajstić information content (AvgIpc) is 3.69. The van der Waals surface area contributed by atoms with E-state index in [1.807, 2.05) is 30.3 Å². The maximum Gasteiger partial charge on any atom is 0.297 e. The molecule has 3 aromatic heterocycles. The van der Waals surface area contributed by atoms with Gasteiger partial charge < -0.3 is 18.8 Å². The number of hydrogen-bond donors (Lipinski definition) is 0. The van der Waals surface area contributed by atoms with Crippen molar-refractivity contribution in [3.8, 4) is 6.01 Å². The van der Waals surface area contributed by atoms with E-state index in [1.165, 1.54) is 26.2 Å². The zero-order valence-corrected chi connectivity index (χ0v) is 25.7. The van der Waals surface area contributed by atoms with Crippen LogP contribution in [0.15, 0.2) is 65.6 Å². The van der Waals surface area contributed by atoms with Gasteiger partial charge >= 0.3 is 0 Å². The van der Waals surface area contributed by atoms with Crippen molar-refractivity contribution in [2.24, 2.45) is 5.92 Å². The Balaban J connectivity index is 1.25. The highest BCUT2D eigenvalue weighted by Crippen LogP contribution is 2.41. The summed E-state index contributed by atoms with van der Waals surface area (Å²) in [6.07, 6.45) is 7.04. The molecule has 5 aromatic rings. The van der Waals surface area contributed by atoms with Crippen LogP contribution in [0.25, 0.3) is 33.1 Å². The van der Waals surface area contributed by atoms with Gasteiger partial charge in [-0.25, -0.2) is 14.4 Å². The summed E-state index contributed by atoms with van der Waals surface area (Å²) in [5.41, 5.74) is 1.99. The van der Waals surface area contributed by atoms with E-state index >= 15 is 4.39 Å². The molecular formula is C35H40FN5O3. The van der Waals surface area contributed by atoms with Crippen LogP contribution in [0.1, 0.15) is 64.7 Å². The number of ether oxygens (including phenoxy) is 2. The van der Waals surface area contributed by atoms with Crippen LogP contribution in [-0.4, -0.2) is 51.4 Å². The molecule has 44 heavy (non-hydrogen) atoms. The molecule has 0 bridgehead atoms. The van der Waals surface area contributed by atoms with Gasteiger partial charge in [0.15, 0.2) is 22.9 Å². The van der Waals surface area contributed by atoms with Crippen LogP contribution in [0.5, 0.6) is 6.01 Å². The summed E-state index contributed by atoms with van der Waals surface area (Å²) in [6, 6.07) is 17.1. The summed E-state index contributed by atoms with van der Waals surface area (Å²) in [4.78, 5) is 16.7. The van der Waals surface area contributed by atoms with Crippen LogP contribution in [-0.2, 0) is 10.4 Å². The Morgan fingerprint density at radius 1 is 1.07 bits per heavy atom. The summed E-state index contributed by atoms with van der Waals surface area (Å²) in [7, 11) is 0. The van der Waals surface area contributed by atoms with Crippen molar-refractivity contribution in [3.63, 3.8) is 0 Å². The van der Waals surface area contributed by atoms with Crippen molar-refractivity contribution < 1.29 is 18.3 Å². The number of fused-ring (bicyclic) bond motifs is 4. The molecule has 5 atom stereocenters. The molecule has 9 heteroatoms. The Bertz CT molecular complexity index is 1810. The molecule has 1 aliphatic carbocycles. The Labute approximate surface area is 256 Å². The average molecular weight is 598 g/mol. The summed E-state index contributed by atoms with van der Waals surface area (Å²) in [6.45, 7) is 10.2. The monoisotopic (exact) mass is 597 g/mol. The fourth-order valence-corrected chi connectivity index (χ4v) is 7.02. The highest BCUT2D eigenvalue weighted by Gasteiger charge is 2.38. The van der Waals surface area contributed by atoms with Gasteiger partial charge in [0.1, 0.15) is 17.2 Å². The third-order valence-corrected chi connectivity index (χ3v) is 9.32. The minimum atomic E-state index is -1.91. The predicted molar refractivity (Wildman–Crippen MR) is 171 cm³/mol. The lowest BCUT2D eigenvalue weighted by Crippen LogP contribution is -2.32. The number of imidazole rings is 1. The lowest BCUT2D eigenvalue weighted by Gasteiger charge is -2.31. The normalized spacial score (nSPS) is 23.9. The van der Waals surface area contributed by atoms with Gasteiger partial charge in [0.05, 0.1) is 30.8 Å². The zero-order valence-electron chi connectivity index (χ0n) is 25.7. The predicted octanol–water partition coefficient (Wildman–Crippen LogP) is 7.91. The zero-order chi connectivity index (χ0) is 30.4. The van der Waals surface area contributed by atoms with Crippen molar-refractivity contribution in [1.29, 1.82) is 0 Å². The molecule has 0 radical (unpaired) electrons. The molecule has 0 amide bonds. The number of rotatable bonds is 9. The van der Waals surface area contributed by atoms with Crippen molar-refractivity contribution in [1.82, 2.24) is 19.5 Å². The second-order valence-electron chi connectivity index (χ2n) is 12.7. The van der Waals surface area contributed by atoms with Crippen LogP contribution >= 0.6 is 0 Å². The second kappa shape index (κ2) is 11.5. The Morgan fingerprint density at radius 2 is 1.86 bits per heavy atom. The molecule has 1 saturated carbocycles. The maximum absolute atomic E-state index is 16.1. The highest BCUT2D eigenvalue weighted by atomic mass is 19.1. The number of furan rings is 1. The third kappa shape index (κ3) is 5.11. The van der Waals surface area contributed by atoms with E-state index < -0.39 is 5.67 Å². The Hall–Kier alpha value is -3.98. The number of alkyl halides is 1. The quantitative estimate of drug-likeness (QED) is 0.126. The molecule has 0 N–H and O–H groups in total. The fraction of sp³-hybridized carbons (Fsp3) is 0.457. The summed E-state index contributed by atoms with van der Waals surface area (Å²) < 4.78 is 37.0. The van der Waals surface area contributed by atoms with Crippen LogP contribution in [0.4, 0.5) is 10.2 Å². The van der Waals surface area contributed by atoms with E-state index in [9.17, 15) is 0 Å². The van der Waals surface area contributed by atoms with Gasteiger partial charge in [-0.15, -0.1) is 6.58 Å². The smallest absolute Gasteiger partial charge is 0.297 e. The van der Waals surface area contributed by atoms with E-state index in [2.05, 4.69) is 48.1 Å². The first-order chi connectivity index (χ1) is 21.3. The topological polar surface area (TPSA) is 78.4 Å². The number of para-hydroxylation sites is 3.